The van der Waals surface area contributed by atoms with Gasteiger partial charge in [0, 0.05) is 44.4 Å². The predicted octanol–water partition coefficient (Wildman–Crippen LogP) is 3.36. The summed E-state index contributed by atoms with van der Waals surface area (Å²) in [5.74, 6) is -0.900. The van der Waals surface area contributed by atoms with Crippen LogP contribution >= 0.6 is 0 Å². The average Bonchev–Trinajstić information content (AvgIpc) is 3.59. The Bertz CT molecular complexity index is 1160. The van der Waals surface area contributed by atoms with E-state index in [1.54, 1.807) is 0 Å². The topological polar surface area (TPSA) is 102 Å². The van der Waals surface area contributed by atoms with Crippen molar-refractivity contribution in [3.63, 3.8) is 0 Å². The Morgan fingerprint density at radius 2 is 1.68 bits per heavy atom. The number of fused-ring (bicyclic) bond motifs is 1. The Kier molecular flexibility index (Phi) is 7.37. The third-order valence-electron chi connectivity index (χ3n) is 8.35. The van der Waals surface area contributed by atoms with E-state index in [4.69, 9.17) is 16.2 Å². The van der Waals surface area contributed by atoms with Crippen molar-refractivity contribution in [3.8, 4) is 0 Å². The van der Waals surface area contributed by atoms with Crippen molar-refractivity contribution in [2.45, 2.75) is 31.0 Å². The highest BCUT2D eigenvalue weighted by molar-refractivity contribution is 6.01. The molecule has 0 bridgehead atoms. The molecule has 0 aromatic heterocycles. The fourth-order valence-corrected chi connectivity index (χ4v) is 6.50. The number of amides is 2. The highest BCUT2D eigenvalue weighted by Gasteiger charge is 2.45. The predicted molar refractivity (Wildman–Crippen MR) is 136 cm³/mol. The van der Waals surface area contributed by atoms with Gasteiger partial charge in [0.2, 0.25) is 5.91 Å². The minimum absolute atomic E-state index is 0.0246. The van der Waals surface area contributed by atoms with Crippen LogP contribution in [0.4, 0.5) is 18.9 Å². The smallest absolute Gasteiger partial charge is 0.398 e. The Balaban J connectivity index is 1.23. The number of alkyl halides is 3. The number of primary amides is 1. The molecule has 3 heterocycles. The van der Waals surface area contributed by atoms with Crippen LogP contribution in [0.25, 0.3) is 0 Å². The zero-order valence-electron chi connectivity index (χ0n) is 21.1. The molecule has 2 aromatic carbocycles. The monoisotopic (exact) mass is 530 g/mol. The molecule has 204 valence electrons. The van der Waals surface area contributed by atoms with E-state index >= 15 is 0 Å². The molecule has 0 spiro atoms. The van der Waals surface area contributed by atoms with E-state index in [-0.39, 0.29) is 41.4 Å². The van der Waals surface area contributed by atoms with Gasteiger partial charge in [0.05, 0.1) is 23.1 Å². The second-order valence-corrected chi connectivity index (χ2v) is 10.7. The Morgan fingerprint density at radius 3 is 2.32 bits per heavy atom. The number of nitrogens with zero attached hydrogens (tertiary/aromatic N) is 2. The maximum absolute atomic E-state index is 13.5. The van der Waals surface area contributed by atoms with Gasteiger partial charge >= 0.3 is 6.18 Å². The summed E-state index contributed by atoms with van der Waals surface area (Å²) in [4.78, 5) is 29.1. The lowest BCUT2D eigenvalue weighted by Gasteiger charge is -2.29. The normalized spacial score (nSPS) is 26.4. The minimum atomic E-state index is -4.65. The first-order valence-corrected chi connectivity index (χ1v) is 13.1. The van der Waals surface area contributed by atoms with Crippen molar-refractivity contribution in [1.82, 2.24) is 9.80 Å². The number of anilines is 1. The van der Waals surface area contributed by atoms with Crippen LogP contribution in [0.15, 0.2) is 48.5 Å². The van der Waals surface area contributed by atoms with Crippen LogP contribution in [-0.4, -0.2) is 67.0 Å². The number of nitrogen functional groups attached to an aromatic ring is 1. The fourth-order valence-electron chi connectivity index (χ4n) is 6.50. The van der Waals surface area contributed by atoms with Crippen LogP contribution in [0, 0.1) is 17.8 Å². The molecule has 5 rings (SSSR count). The Labute approximate surface area is 219 Å². The van der Waals surface area contributed by atoms with E-state index in [1.807, 2.05) is 18.2 Å². The van der Waals surface area contributed by atoms with E-state index < -0.39 is 23.2 Å². The molecule has 4 unspecified atom stereocenters. The third kappa shape index (κ3) is 5.24. The molecule has 10 heteroatoms. The molecule has 3 aliphatic rings. The van der Waals surface area contributed by atoms with E-state index in [0.717, 1.165) is 37.7 Å². The lowest BCUT2D eigenvalue weighted by molar-refractivity contribution is -0.138. The standard InChI is InChI=1S/C28H33F3N4O3/c29-28(30,31)22-7-4-8-23(32)24(22)27(37)35-15-18-13-34(14-19(18)16-35)11-9-20(17-5-2-1-3-6-17)25-21(26(33)36)10-12-38-25/h1-8,18-21,25H,9-16,32H2,(H2,33,36)/t18?,19?,20-,21?,25?/m0/s1. The van der Waals surface area contributed by atoms with Crippen molar-refractivity contribution in [2.75, 3.05) is 45.1 Å². The summed E-state index contributed by atoms with van der Waals surface area (Å²) in [6.45, 7) is 3.64. The summed E-state index contributed by atoms with van der Waals surface area (Å²) in [6.07, 6.45) is -3.50. The number of hydrogen-bond donors (Lipinski definition) is 2. The summed E-state index contributed by atoms with van der Waals surface area (Å²) in [6, 6.07) is 13.5. The Morgan fingerprint density at radius 1 is 1.00 bits per heavy atom. The molecular weight excluding hydrogens is 497 g/mol. The van der Waals surface area contributed by atoms with Gasteiger partial charge in [-0.1, -0.05) is 36.4 Å². The quantitative estimate of drug-likeness (QED) is 0.535. The van der Waals surface area contributed by atoms with Crippen LogP contribution in [0.5, 0.6) is 0 Å². The van der Waals surface area contributed by atoms with Crippen LogP contribution < -0.4 is 11.5 Å². The molecule has 4 N–H and O–H groups in total. The molecule has 0 aliphatic carbocycles. The lowest BCUT2D eigenvalue weighted by atomic mass is 9.83. The van der Waals surface area contributed by atoms with Crippen LogP contribution in [0.2, 0.25) is 0 Å². The van der Waals surface area contributed by atoms with Gasteiger partial charge in [0.1, 0.15) is 0 Å². The van der Waals surface area contributed by atoms with Crippen LogP contribution in [-0.2, 0) is 15.7 Å². The molecule has 2 aromatic rings. The van der Waals surface area contributed by atoms with Gasteiger partial charge in [0.25, 0.3) is 5.91 Å². The number of likely N-dealkylation sites (tertiary alicyclic amines) is 2. The van der Waals surface area contributed by atoms with Crippen molar-refractivity contribution in [2.24, 2.45) is 23.5 Å². The molecule has 3 fully saturated rings. The van der Waals surface area contributed by atoms with Crippen LogP contribution in [0.3, 0.4) is 0 Å². The third-order valence-corrected chi connectivity index (χ3v) is 8.35. The first-order valence-electron chi connectivity index (χ1n) is 13.1. The molecule has 0 saturated carbocycles. The van der Waals surface area contributed by atoms with E-state index in [9.17, 15) is 22.8 Å². The van der Waals surface area contributed by atoms with Gasteiger partial charge in [-0.25, -0.2) is 0 Å². The number of carbonyl (C=O) groups excluding carboxylic acids is 2. The van der Waals surface area contributed by atoms with E-state index in [1.165, 1.54) is 17.0 Å². The molecule has 5 atom stereocenters. The molecule has 3 aliphatic heterocycles. The number of ether oxygens (including phenoxy) is 1. The largest absolute Gasteiger partial charge is 0.417 e. The maximum atomic E-state index is 13.5. The van der Waals surface area contributed by atoms with Gasteiger partial charge < -0.3 is 26.0 Å². The molecular formula is C28H33F3N4O3. The first kappa shape index (κ1) is 26.5. The van der Waals surface area contributed by atoms with Crippen LogP contribution in [0.1, 0.15) is 40.2 Å². The molecule has 7 nitrogen and oxygen atoms in total. The maximum Gasteiger partial charge on any atom is 0.417 e. The van der Waals surface area contributed by atoms with Gasteiger partial charge in [-0.2, -0.15) is 13.2 Å². The molecule has 2 amide bonds. The molecule has 38 heavy (non-hydrogen) atoms. The minimum Gasteiger partial charge on any atom is -0.398 e. The number of hydrogen-bond acceptors (Lipinski definition) is 5. The summed E-state index contributed by atoms with van der Waals surface area (Å²) in [7, 11) is 0. The number of nitrogens with two attached hydrogens (primary N) is 2. The van der Waals surface area contributed by atoms with Gasteiger partial charge in [-0.05, 0) is 48.9 Å². The summed E-state index contributed by atoms with van der Waals surface area (Å²) in [5.41, 5.74) is 11.0. The number of halogens is 3. The molecule has 0 radical (unpaired) electrons. The second-order valence-electron chi connectivity index (χ2n) is 10.7. The highest BCUT2D eigenvalue weighted by atomic mass is 19.4. The zero-order chi connectivity index (χ0) is 27.0. The van der Waals surface area contributed by atoms with Crippen molar-refractivity contribution < 1.29 is 27.5 Å². The zero-order valence-corrected chi connectivity index (χ0v) is 21.1. The summed E-state index contributed by atoms with van der Waals surface area (Å²) < 4.78 is 46.6. The number of rotatable bonds is 7. The lowest BCUT2D eigenvalue weighted by Crippen LogP contribution is -2.37. The average molecular weight is 531 g/mol. The fraction of sp³-hybridized carbons (Fsp3) is 0.500. The SMILES string of the molecule is NC(=O)C1CCOC1[C@@H](CCN1CC2CN(C(=O)c3c(N)cccc3C(F)(F)F)CC2C1)c1ccccc1. The van der Waals surface area contributed by atoms with Crippen molar-refractivity contribution in [3.05, 3.63) is 65.2 Å². The second kappa shape index (κ2) is 10.6. The van der Waals surface area contributed by atoms with E-state index in [0.29, 0.717) is 26.1 Å². The van der Waals surface area contributed by atoms with E-state index in [2.05, 4.69) is 17.0 Å². The van der Waals surface area contributed by atoms with Crippen molar-refractivity contribution in [1.29, 1.82) is 0 Å². The van der Waals surface area contributed by atoms with Gasteiger partial charge in [0.15, 0.2) is 0 Å². The number of benzene rings is 2. The highest BCUT2D eigenvalue weighted by Crippen LogP contribution is 2.39. The van der Waals surface area contributed by atoms with Gasteiger partial charge in [-0.3, -0.25) is 9.59 Å². The Hall–Kier alpha value is -3.11. The number of carbonyl (C=O) groups is 2. The van der Waals surface area contributed by atoms with Gasteiger partial charge in [-0.15, -0.1) is 0 Å². The summed E-state index contributed by atoms with van der Waals surface area (Å²) in [5, 5.41) is 0. The first-order chi connectivity index (χ1) is 18.1. The summed E-state index contributed by atoms with van der Waals surface area (Å²) >= 11 is 0. The molecule has 3 saturated heterocycles. The van der Waals surface area contributed by atoms with Crippen molar-refractivity contribution >= 4 is 17.5 Å².